The van der Waals surface area contributed by atoms with Gasteiger partial charge in [-0.2, -0.15) is 0 Å². The number of aromatic nitrogens is 2. The topological polar surface area (TPSA) is 84.6 Å². The SMILES string of the molecule is COC/C=C(/c1ccc(F)cn1)C1CCN(C(=O)C2(F)CCN(Cc3ccnc(N)c3)CC2)CC1. The summed E-state index contributed by atoms with van der Waals surface area (Å²) in [4.78, 5) is 25.2. The number of ether oxygens (including phenoxy) is 1. The van der Waals surface area contributed by atoms with Crippen molar-refractivity contribution in [1.82, 2.24) is 19.8 Å². The fraction of sp³-hybridized carbons (Fsp3) is 0.500. The van der Waals surface area contributed by atoms with Crippen LogP contribution in [0.3, 0.4) is 0 Å². The van der Waals surface area contributed by atoms with Gasteiger partial charge < -0.3 is 15.4 Å². The number of pyridine rings is 2. The number of hydrogen-bond acceptors (Lipinski definition) is 6. The standard InChI is InChI=1S/C26H33F2N5O2/c1-35-15-7-22(23-3-2-21(27)17-31-23)20-5-11-33(12-6-20)25(34)26(28)8-13-32(14-9-26)18-19-4-10-30-24(29)16-19/h2-4,7,10,16-17,20H,5-6,8-9,11-15,18H2,1H3,(H2,29,30)/b22-7+. The number of halogens is 2. The highest BCUT2D eigenvalue weighted by molar-refractivity contribution is 5.85. The maximum absolute atomic E-state index is 15.7. The molecule has 4 heterocycles. The Morgan fingerprint density at radius 2 is 1.94 bits per heavy atom. The Kier molecular flexibility index (Phi) is 8.07. The van der Waals surface area contributed by atoms with Gasteiger partial charge in [0.2, 0.25) is 0 Å². The predicted octanol–water partition coefficient (Wildman–Crippen LogP) is 3.47. The number of allylic oxidation sites excluding steroid dienone is 1. The summed E-state index contributed by atoms with van der Waals surface area (Å²) in [6, 6.07) is 6.78. The lowest BCUT2D eigenvalue weighted by molar-refractivity contribution is -0.148. The Morgan fingerprint density at radius 1 is 1.20 bits per heavy atom. The molecule has 2 aliphatic rings. The van der Waals surface area contributed by atoms with Gasteiger partial charge in [-0.3, -0.25) is 14.7 Å². The Balaban J connectivity index is 1.33. The minimum absolute atomic E-state index is 0.150. The molecule has 2 saturated heterocycles. The first kappa shape index (κ1) is 25.2. The molecule has 2 aliphatic heterocycles. The number of piperidine rings is 2. The van der Waals surface area contributed by atoms with Crippen molar-refractivity contribution in [3.63, 3.8) is 0 Å². The zero-order chi connectivity index (χ0) is 24.8. The molecule has 0 saturated carbocycles. The van der Waals surface area contributed by atoms with Crippen molar-refractivity contribution in [2.24, 2.45) is 5.92 Å². The molecule has 0 bridgehead atoms. The lowest BCUT2D eigenvalue weighted by Gasteiger charge is -2.40. The number of nitrogens with zero attached hydrogens (tertiary/aromatic N) is 4. The molecular formula is C26H33F2N5O2. The molecule has 2 aromatic rings. The summed E-state index contributed by atoms with van der Waals surface area (Å²) >= 11 is 0. The summed E-state index contributed by atoms with van der Waals surface area (Å²) in [7, 11) is 1.62. The second kappa shape index (κ2) is 11.2. The third-order valence-corrected chi connectivity index (χ3v) is 7.00. The minimum atomic E-state index is -1.83. The van der Waals surface area contributed by atoms with Crippen molar-refractivity contribution < 1.29 is 18.3 Å². The minimum Gasteiger partial charge on any atom is -0.384 e. The first-order chi connectivity index (χ1) is 16.9. The lowest BCUT2D eigenvalue weighted by Crippen LogP contribution is -2.53. The Bertz CT molecular complexity index is 1030. The van der Waals surface area contributed by atoms with Crippen LogP contribution in [0.4, 0.5) is 14.6 Å². The van der Waals surface area contributed by atoms with Crippen LogP contribution in [0.5, 0.6) is 0 Å². The zero-order valence-electron chi connectivity index (χ0n) is 20.1. The van der Waals surface area contributed by atoms with Crippen molar-refractivity contribution in [1.29, 1.82) is 0 Å². The number of nitrogens with two attached hydrogens (primary N) is 1. The number of hydrogen-bond donors (Lipinski definition) is 1. The van der Waals surface area contributed by atoms with Crippen LogP contribution in [-0.4, -0.2) is 71.2 Å². The molecule has 0 aliphatic carbocycles. The van der Waals surface area contributed by atoms with Crippen molar-refractivity contribution in [2.75, 3.05) is 45.6 Å². The van der Waals surface area contributed by atoms with Crippen LogP contribution in [0.2, 0.25) is 0 Å². The first-order valence-electron chi connectivity index (χ1n) is 12.1. The van der Waals surface area contributed by atoms with Crippen LogP contribution in [0.15, 0.2) is 42.7 Å². The van der Waals surface area contributed by atoms with E-state index in [0.717, 1.165) is 11.1 Å². The lowest BCUT2D eigenvalue weighted by atomic mass is 9.85. The summed E-state index contributed by atoms with van der Waals surface area (Å²) in [6.45, 7) is 3.09. The number of amides is 1. The molecule has 0 aromatic carbocycles. The Hall–Kier alpha value is -2.91. The second-order valence-electron chi connectivity index (χ2n) is 9.37. The first-order valence-corrected chi connectivity index (χ1v) is 12.1. The number of methoxy groups -OCH3 is 1. The van der Waals surface area contributed by atoms with E-state index in [1.54, 1.807) is 24.3 Å². The third-order valence-electron chi connectivity index (χ3n) is 7.00. The molecule has 1 amide bonds. The van der Waals surface area contributed by atoms with Gasteiger partial charge in [0.15, 0.2) is 5.67 Å². The quantitative estimate of drug-likeness (QED) is 0.647. The average Bonchev–Trinajstić information content (AvgIpc) is 2.87. The molecule has 2 N–H and O–H groups in total. The van der Waals surface area contributed by atoms with Crippen LogP contribution in [0, 0.1) is 11.7 Å². The van der Waals surface area contributed by atoms with Crippen molar-refractivity contribution in [3.05, 3.63) is 59.8 Å². The molecule has 0 unspecified atom stereocenters. The molecule has 2 fully saturated rings. The number of carbonyl (C=O) groups excluding carboxylic acids is 1. The van der Waals surface area contributed by atoms with E-state index in [1.165, 1.54) is 12.3 Å². The molecule has 188 valence electrons. The molecule has 35 heavy (non-hydrogen) atoms. The van der Waals surface area contributed by atoms with E-state index in [9.17, 15) is 9.18 Å². The normalized spacial score (nSPS) is 19.6. The van der Waals surface area contributed by atoms with Gasteiger partial charge in [0.25, 0.3) is 5.91 Å². The molecular weight excluding hydrogens is 452 g/mol. The highest BCUT2D eigenvalue weighted by Gasteiger charge is 2.44. The second-order valence-corrected chi connectivity index (χ2v) is 9.37. The van der Waals surface area contributed by atoms with Gasteiger partial charge in [-0.15, -0.1) is 0 Å². The number of rotatable bonds is 7. The van der Waals surface area contributed by atoms with Gasteiger partial charge in [-0.1, -0.05) is 6.08 Å². The summed E-state index contributed by atoms with van der Waals surface area (Å²) in [5, 5.41) is 0. The molecule has 0 atom stereocenters. The smallest absolute Gasteiger partial charge is 0.260 e. The summed E-state index contributed by atoms with van der Waals surface area (Å²) < 4.78 is 34.3. The fourth-order valence-corrected chi connectivity index (χ4v) is 5.01. The molecule has 2 aromatic heterocycles. The van der Waals surface area contributed by atoms with Crippen molar-refractivity contribution >= 4 is 17.3 Å². The third kappa shape index (κ3) is 6.21. The number of carbonyl (C=O) groups is 1. The molecule has 0 spiro atoms. The van der Waals surface area contributed by atoms with Crippen molar-refractivity contribution in [2.45, 2.75) is 37.9 Å². The monoisotopic (exact) mass is 485 g/mol. The van der Waals surface area contributed by atoms with Gasteiger partial charge >= 0.3 is 0 Å². The Labute approximate surface area is 205 Å². The molecule has 7 nitrogen and oxygen atoms in total. The zero-order valence-corrected chi connectivity index (χ0v) is 20.1. The van der Waals surface area contributed by atoms with Gasteiger partial charge in [-0.25, -0.2) is 13.8 Å². The number of likely N-dealkylation sites (tertiary alicyclic amines) is 2. The van der Waals surface area contributed by atoms with E-state index in [2.05, 4.69) is 14.9 Å². The maximum Gasteiger partial charge on any atom is 0.260 e. The van der Waals surface area contributed by atoms with Gasteiger partial charge in [-0.05, 0) is 54.2 Å². The summed E-state index contributed by atoms with van der Waals surface area (Å²) in [6.07, 6.45) is 6.61. The molecule has 4 rings (SSSR count). The van der Waals surface area contributed by atoms with Crippen LogP contribution >= 0.6 is 0 Å². The van der Waals surface area contributed by atoms with E-state index in [0.29, 0.717) is 63.7 Å². The van der Waals surface area contributed by atoms with Crippen LogP contribution in [0.1, 0.15) is 36.9 Å². The highest BCUT2D eigenvalue weighted by atomic mass is 19.1. The summed E-state index contributed by atoms with van der Waals surface area (Å²) in [5.41, 5.74) is 6.65. The Morgan fingerprint density at radius 3 is 2.57 bits per heavy atom. The summed E-state index contributed by atoms with van der Waals surface area (Å²) in [5.74, 6) is -0.165. The number of alkyl halides is 1. The predicted molar refractivity (Wildman–Crippen MR) is 130 cm³/mol. The largest absolute Gasteiger partial charge is 0.384 e. The fourth-order valence-electron chi connectivity index (χ4n) is 5.01. The van der Waals surface area contributed by atoms with E-state index in [4.69, 9.17) is 10.5 Å². The van der Waals surface area contributed by atoms with Crippen molar-refractivity contribution in [3.8, 4) is 0 Å². The van der Waals surface area contributed by atoms with E-state index < -0.39 is 11.6 Å². The van der Waals surface area contributed by atoms with Crippen LogP contribution < -0.4 is 5.73 Å². The van der Waals surface area contributed by atoms with E-state index in [1.807, 2.05) is 18.2 Å². The number of nitrogen functional groups attached to an aromatic ring is 1. The van der Waals surface area contributed by atoms with Gasteiger partial charge in [0.1, 0.15) is 11.6 Å². The van der Waals surface area contributed by atoms with E-state index in [-0.39, 0.29) is 24.6 Å². The van der Waals surface area contributed by atoms with Gasteiger partial charge in [0, 0.05) is 58.9 Å². The van der Waals surface area contributed by atoms with Gasteiger partial charge in [0.05, 0.1) is 18.5 Å². The molecule has 0 radical (unpaired) electrons. The van der Waals surface area contributed by atoms with Crippen LogP contribution in [0.25, 0.3) is 5.57 Å². The van der Waals surface area contributed by atoms with E-state index >= 15 is 4.39 Å². The number of anilines is 1. The van der Waals surface area contributed by atoms with Crippen LogP contribution in [-0.2, 0) is 16.1 Å². The molecule has 9 heteroatoms. The maximum atomic E-state index is 15.7. The average molecular weight is 486 g/mol. The highest BCUT2D eigenvalue weighted by Crippen LogP contribution is 2.35.